The van der Waals surface area contributed by atoms with Gasteiger partial charge in [-0.05, 0) is 20.3 Å². The average molecular weight is 321 g/mol. The highest BCUT2D eigenvalue weighted by Crippen LogP contribution is 2.01. The predicted octanol–water partition coefficient (Wildman–Crippen LogP) is 0.689. The molecule has 0 rings (SSSR count). The molecule has 0 radical (unpaired) electrons. The van der Waals surface area contributed by atoms with Crippen LogP contribution in [0.3, 0.4) is 0 Å². The van der Waals surface area contributed by atoms with Gasteiger partial charge in [0.1, 0.15) is 0 Å². The third-order valence-corrected chi connectivity index (χ3v) is 3.54. The zero-order valence-electron chi connectivity index (χ0n) is 15.1. The predicted molar refractivity (Wildman–Crippen MR) is 85.6 cm³/mol. The lowest BCUT2D eigenvalue weighted by molar-refractivity contribution is -0.906. The van der Waals surface area contributed by atoms with Crippen molar-refractivity contribution in [2.75, 3.05) is 66.8 Å². The molecule has 0 saturated carbocycles. The van der Waals surface area contributed by atoms with Crippen LogP contribution in [0, 0.1) is 0 Å². The van der Waals surface area contributed by atoms with Crippen molar-refractivity contribution >= 4 is 5.97 Å². The standard InChI is InChI=1S/C8H20N.C8H16O5/c1-5-8-9(4,6-2)7-3;1-11-4-5-13-7-6-12-3-2-8(9)10/h5-8H2,1-4H3;2-7H2,1H3,(H,9,10)/q+1;/p-1. The third-order valence-electron chi connectivity index (χ3n) is 3.54. The highest BCUT2D eigenvalue weighted by molar-refractivity contribution is 5.64. The number of hydrogen-bond acceptors (Lipinski definition) is 5. The number of rotatable bonds is 13. The summed E-state index contributed by atoms with van der Waals surface area (Å²) in [4.78, 5) is 9.93. The molecule has 0 aromatic heterocycles. The maximum Gasteiger partial charge on any atom is 0.0781 e. The maximum atomic E-state index is 9.93. The Bertz CT molecular complexity index is 245. The normalized spacial score (nSPS) is 11.0. The fourth-order valence-corrected chi connectivity index (χ4v) is 1.70. The quantitative estimate of drug-likeness (QED) is 0.369. The molecular weight excluding hydrogens is 286 g/mol. The Morgan fingerprint density at radius 1 is 0.955 bits per heavy atom. The summed E-state index contributed by atoms with van der Waals surface area (Å²) in [6, 6.07) is 0. The maximum absolute atomic E-state index is 9.93. The summed E-state index contributed by atoms with van der Waals surface area (Å²) in [7, 11) is 3.92. The number of ether oxygens (including phenoxy) is 3. The van der Waals surface area contributed by atoms with Crippen LogP contribution in [0.25, 0.3) is 0 Å². The van der Waals surface area contributed by atoms with E-state index in [2.05, 4.69) is 27.8 Å². The number of hydrogen-bond donors (Lipinski definition) is 0. The van der Waals surface area contributed by atoms with E-state index in [-0.39, 0.29) is 13.0 Å². The third kappa shape index (κ3) is 17.4. The van der Waals surface area contributed by atoms with Crippen LogP contribution in [0.2, 0.25) is 0 Å². The Morgan fingerprint density at radius 2 is 1.45 bits per heavy atom. The first-order valence-corrected chi connectivity index (χ1v) is 8.13. The molecule has 0 aromatic carbocycles. The van der Waals surface area contributed by atoms with Crippen LogP contribution in [-0.2, 0) is 19.0 Å². The van der Waals surface area contributed by atoms with Gasteiger partial charge in [0.15, 0.2) is 0 Å². The number of aliphatic carboxylic acids is 1. The van der Waals surface area contributed by atoms with Gasteiger partial charge in [0.25, 0.3) is 0 Å². The summed E-state index contributed by atoms with van der Waals surface area (Å²) >= 11 is 0. The molecule has 0 spiro atoms. The number of carbonyl (C=O) groups excluding carboxylic acids is 1. The molecule has 0 amide bonds. The molecule has 0 aliphatic carbocycles. The molecule has 6 nitrogen and oxygen atoms in total. The zero-order valence-corrected chi connectivity index (χ0v) is 15.1. The van der Waals surface area contributed by atoms with Crippen LogP contribution in [0.4, 0.5) is 0 Å². The molecule has 0 N–H and O–H groups in total. The Labute approximate surface area is 135 Å². The summed E-state index contributed by atoms with van der Waals surface area (Å²) in [6.07, 6.45) is 1.23. The average Bonchev–Trinajstić information content (AvgIpc) is 2.50. The van der Waals surface area contributed by atoms with Crippen LogP contribution in [-0.4, -0.2) is 77.3 Å². The molecule has 22 heavy (non-hydrogen) atoms. The van der Waals surface area contributed by atoms with Gasteiger partial charge in [-0.15, -0.1) is 0 Å². The first kappa shape index (κ1) is 23.6. The largest absolute Gasteiger partial charge is 0.550 e. The van der Waals surface area contributed by atoms with Crippen molar-refractivity contribution in [2.24, 2.45) is 0 Å². The highest BCUT2D eigenvalue weighted by Gasteiger charge is 2.13. The number of carboxylic acids is 1. The summed E-state index contributed by atoms with van der Waals surface area (Å²) < 4.78 is 16.0. The van der Waals surface area contributed by atoms with E-state index in [1.807, 2.05) is 0 Å². The lowest BCUT2D eigenvalue weighted by atomic mass is 10.3. The summed E-state index contributed by atoms with van der Waals surface area (Å²) in [5, 5.41) is 9.93. The second kappa shape index (κ2) is 16.7. The van der Waals surface area contributed by atoms with Crippen molar-refractivity contribution < 1.29 is 28.6 Å². The van der Waals surface area contributed by atoms with E-state index in [0.29, 0.717) is 26.4 Å². The molecule has 0 atom stereocenters. The molecule has 0 bridgehead atoms. The number of nitrogens with zero attached hydrogens (tertiary/aromatic N) is 1. The van der Waals surface area contributed by atoms with Crippen molar-refractivity contribution in [2.45, 2.75) is 33.6 Å². The second-order valence-corrected chi connectivity index (χ2v) is 5.32. The lowest BCUT2D eigenvalue weighted by Crippen LogP contribution is -2.43. The molecule has 0 heterocycles. The van der Waals surface area contributed by atoms with Crippen LogP contribution in [0.1, 0.15) is 33.6 Å². The molecule has 134 valence electrons. The SMILES string of the molecule is CCC[N+](C)(CC)CC.COCCOCCOCCC(=O)[O-]. The minimum atomic E-state index is -1.10. The molecule has 0 aromatic rings. The molecular formula is C16H35NO5. The van der Waals surface area contributed by atoms with E-state index < -0.39 is 5.97 Å². The Morgan fingerprint density at radius 3 is 1.82 bits per heavy atom. The summed E-state index contributed by atoms with van der Waals surface area (Å²) in [5.74, 6) is -1.10. The number of quaternary nitrogens is 1. The van der Waals surface area contributed by atoms with E-state index in [4.69, 9.17) is 14.2 Å². The van der Waals surface area contributed by atoms with Gasteiger partial charge in [0.05, 0.1) is 59.7 Å². The van der Waals surface area contributed by atoms with Gasteiger partial charge in [-0.3, -0.25) is 0 Å². The minimum Gasteiger partial charge on any atom is -0.550 e. The highest BCUT2D eigenvalue weighted by atomic mass is 16.5. The zero-order chi connectivity index (χ0) is 17.3. The number of methoxy groups -OCH3 is 1. The number of carboxylic acid groups (broad SMARTS) is 1. The molecule has 0 unspecified atom stereocenters. The Balaban J connectivity index is 0. The fourth-order valence-electron chi connectivity index (χ4n) is 1.70. The lowest BCUT2D eigenvalue weighted by Gasteiger charge is -2.31. The molecule has 6 heteroatoms. The van der Waals surface area contributed by atoms with E-state index in [1.54, 1.807) is 7.11 Å². The van der Waals surface area contributed by atoms with Crippen LogP contribution in [0.15, 0.2) is 0 Å². The molecule has 0 saturated heterocycles. The minimum absolute atomic E-state index is 0.0714. The van der Waals surface area contributed by atoms with Gasteiger partial charge in [0.2, 0.25) is 0 Å². The van der Waals surface area contributed by atoms with Crippen LogP contribution < -0.4 is 5.11 Å². The van der Waals surface area contributed by atoms with Crippen molar-refractivity contribution in [3.63, 3.8) is 0 Å². The monoisotopic (exact) mass is 321 g/mol. The fraction of sp³-hybridized carbons (Fsp3) is 0.938. The Hall–Kier alpha value is -0.690. The van der Waals surface area contributed by atoms with Crippen LogP contribution >= 0.6 is 0 Å². The summed E-state index contributed by atoms with van der Waals surface area (Å²) in [5.41, 5.74) is 0. The van der Waals surface area contributed by atoms with E-state index in [9.17, 15) is 9.90 Å². The molecule has 0 fully saturated rings. The Kier molecular flexibility index (Phi) is 17.9. The molecule has 0 aliphatic heterocycles. The van der Waals surface area contributed by atoms with E-state index in [0.717, 1.165) is 0 Å². The van der Waals surface area contributed by atoms with Gasteiger partial charge in [-0.2, -0.15) is 0 Å². The first-order chi connectivity index (χ1) is 10.5. The first-order valence-electron chi connectivity index (χ1n) is 8.13. The van der Waals surface area contributed by atoms with E-state index >= 15 is 0 Å². The van der Waals surface area contributed by atoms with Gasteiger partial charge in [-0.25, -0.2) is 0 Å². The van der Waals surface area contributed by atoms with Crippen molar-refractivity contribution in [1.82, 2.24) is 0 Å². The second-order valence-electron chi connectivity index (χ2n) is 5.32. The van der Waals surface area contributed by atoms with Crippen LogP contribution in [0.5, 0.6) is 0 Å². The summed E-state index contributed by atoms with van der Waals surface area (Å²) in [6.45, 7) is 12.8. The van der Waals surface area contributed by atoms with Gasteiger partial charge in [0, 0.05) is 19.5 Å². The van der Waals surface area contributed by atoms with Crippen molar-refractivity contribution in [1.29, 1.82) is 0 Å². The smallest absolute Gasteiger partial charge is 0.0781 e. The number of carbonyl (C=O) groups is 1. The van der Waals surface area contributed by atoms with Crippen molar-refractivity contribution in [3.8, 4) is 0 Å². The topological polar surface area (TPSA) is 67.8 Å². The molecule has 0 aliphatic rings. The van der Waals surface area contributed by atoms with Crippen molar-refractivity contribution in [3.05, 3.63) is 0 Å². The van der Waals surface area contributed by atoms with Gasteiger partial charge < -0.3 is 28.6 Å². The van der Waals surface area contributed by atoms with E-state index in [1.165, 1.54) is 30.5 Å². The van der Waals surface area contributed by atoms with Gasteiger partial charge >= 0.3 is 0 Å². The van der Waals surface area contributed by atoms with Gasteiger partial charge in [-0.1, -0.05) is 6.92 Å².